The van der Waals surface area contributed by atoms with Crippen molar-refractivity contribution in [1.29, 1.82) is 0 Å². The maximum Gasteiger partial charge on any atom is 0.338 e. The quantitative estimate of drug-likeness (QED) is 0.515. The Labute approximate surface area is 216 Å². The van der Waals surface area contributed by atoms with Crippen LogP contribution < -0.4 is 5.32 Å². The predicted molar refractivity (Wildman–Crippen MR) is 133 cm³/mol. The number of morpholine rings is 1. The first-order chi connectivity index (χ1) is 16.8. The summed E-state index contributed by atoms with van der Waals surface area (Å²) >= 11 is 14.1. The first-order valence-electron chi connectivity index (χ1n) is 11.0. The van der Waals surface area contributed by atoms with E-state index in [1.807, 2.05) is 6.92 Å². The largest absolute Gasteiger partial charge is 0.480 e. The predicted octanol–water partition coefficient (Wildman–Crippen LogP) is 3.45. The third-order valence-electron chi connectivity index (χ3n) is 5.59. The van der Waals surface area contributed by atoms with E-state index in [-0.39, 0.29) is 25.3 Å². The van der Waals surface area contributed by atoms with E-state index in [9.17, 15) is 14.7 Å². The van der Waals surface area contributed by atoms with Gasteiger partial charge in [0.25, 0.3) is 0 Å². The van der Waals surface area contributed by atoms with Crippen LogP contribution in [0.2, 0.25) is 10.0 Å². The number of esters is 1. The minimum Gasteiger partial charge on any atom is -0.480 e. The molecular weight excluding hydrogens is 515 g/mol. The van der Waals surface area contributed by atoms with Crippen molar-refractivity contribution in [3.8, 4) is 0 Å². The van der Waals surface area contributed by atoms with Gasteiger partial charge in [-0.1, -0.05) is 29.3 Å². The van der Waals surface area contributed by atoms with Gasteiger partial charge in [-0.2, -0.15) is 0 Å². The summed E-state index contributed by atoms with van der Waals surface area (Å²) in [6.45, 7) is 4.76. The number of hydrogen-bond donors (Lipinski definition) is 2. The van der Waals surface area contributed by atoms with Crippen molar-refractivity contribution >= 4 is 52.3 Å². The number of nitrogens with zero attached hydrogens (tertiary/aromatic N) is 3. The van der Waals surface area contributed by atoms with E-state index in [0.29, 0.717) is 45.3 Å². The second-order valence-corrected chi connectivity index (χ2v) is 10.0. The number of thiazole rings is 1. The van der Waals surface area contributed by atoms with Gasteiger partial charge in [0.15, 0.2) is 10.8 Å². The Morgan fingerprint density at radius 2 is 2.17 bits per heavy atom. The number of amidine groups is 1. The van der Waals surface area contributed by atoms with Crippen LogP contribution in [0.5, 0.6) is 0 Å². The number of aliphatic carboxylic acids is 1. The van der Waals surface area contributed by atoms with Gasteiger partial charge < -0.3 is 19.9 Å². The second-order valence-electron chi connectivity index (χ2n) is 7.96. The van der Waals surface area contributed by atoms with Gasteiger partial charge >= 0.3 is 11.9 Å². The molecule has 0 aliphatic carbocycles. The number of ether oxygens (including phenoxy) is 2. The summed E-state index contributed by atoms with van der Waals surface area (Å²) in [7, 11) is 0. The van der Waals surface area contributed by atoms with Gasteiger partial charge in [0.2, 0.25) is 0 Å². The maximum atomic E-state index is 13.2. The van der Waals surface area contributed by atoms with Crippen LogP contribution in [0.15, 0.2) is 40.7 Å². The molecule has 9 nitrogen and oxygen atoms in total. The molecule has 2 unspecified atom stereocenters. The highest BCUT2D eigenvalue weighted by Crippen LogP contribution is 2.38. The molecule has 2 aliphatic rings. The van der Waals surface area contributed by atoms with Crippen LogP contribution in [0, 0.1) is 6.92 Å². The molecule has 0 bridgehead atoms. The molecule has 186 valence electrons. The van der Waals surface area contributed by atoms with Gasteiger partial charge in [0, 0.05) is 45.5 Å². The normalized spacial score (nSPS) is 20.9. The molecule has 4 rings (SSSR count). The van der Waals surface area contributed by atoms with Crippen LogP contribution in [-0.4, -0.2) is 71.7 Å². The molecule has 2 atom stereocenters. The van der Waals surface area contributed by atoms with Crippen molar-refractivity contribution in [2.24, 2.45) is 4.99 Å². The van der Waals surface area contributed by atoms with Gasteiger partial charge in [-0.05, 0) is 26.0 Å². The molecule has 0 amide bonds. The first-order valence-corrected chi connectivity index (χ1v) is 12.5. The molecule has 1 saturated heterocycles. The summed E-state index contributed by atoms with van der Waals surface area (Å²) in [6.07, 6.45) is 1.74. The maximum absolute atomic E-state index is 13.2. The number of carboxylic acid groups (broad SMARTS) is 1. The average molecular weight is 539 g/mol. The molecule has 1 fully saturated rings. The van der Waals surface area contributed by atoms with Crippen molar-refractivity contribution in [3.05, 3.63) is 61.2 Å². The zero-order valence-corrected chi connectivity index (χ0v) is 21.4. The minimum atomic E-state index is -1.000. The first kappa shape index (κ1) is 25.6. The van der Waals surface area contributed by atoms with Gasteiger partial charge in [0.1, 0.15) is 12.1 Å². The highest BCUT2D eigenvalue weighted by Gasteiger charge is 2.37. The van der Waals surface area contributed by atoms with Gasteiger partial charge in [-0.3, -0.25) is 14.7 Å². The number of carbonyl (C=O) groups excluding carboxylic acids is 1. The summed E-state index contributed by atoms with van der Waals surface area (Å²) < 4.78 is 10.8. The van der Waals surface area contributed by atoms with Gasteiger partial charge in [-0.15, -0.1) is 11.3 Å². The summed E-state index contributed by atoms with van der Waals surface area (Å²) in [5, 5.41) is 14.4. The molecule has 2 N–H and O–H groups in total. The molecule has 1 aromatic carbocycles. The van der Waals surface area contributed by atoms with E-state index in [2.05, 4.69) is 10.3 Å². The summed E-state index contributed by atoms with van der Waals surface area (Å²) in [4.78, 5) is 37.1. The van der Waals surface area contributed by atoms with Crippen LogP contribution in [0.25, 0.3) is 0 Å². The van der Waals surface area contributed by atoms with Crippen LogP contribution in [-0.2, 0) is 19.1 Å². The SMILES string of the molecule is CCOC(=O)C1=C(CN2CCOCC2C(=O)O)NC(c2ncc(C)s2)=NC1c1ccc(Cl)cc1Cl. The van der Waals surface area contributed by atoms with E-state index < -0.39 is 24.0 Å². The molecule has 2 aliphatic heterocycles. The monoisotopic (exact) mass is 538 g/mol. The molecule has 3 heterocycles. The van der Waals surface area contributed by atoms with E-state index in [4.69, 9.17) is 37.7 Å². The Kier molecular flexibility index (Phi) is 8.08. The smallest absolute Gasteiger partial charge is 0.338 e. The number of nitrogens with one attached hydrogen (secondary N) is 1. The fraction of sp³-hybridized carbons (Fsp3) is 0.391. The van der Waals surface area contributed by atoms with E-state index in [1.54, 1.807) is 36.2 Å². The molecular formula is C23H24Cl2N4O5S. The minimum absolute atomic E-state index is 0.0520. The number of carboxylic acids is 1. The van der Waals surface area contributed by atoms with Crippen LogP contribution in [0.3, 0.4) is 0 Å². The Bertz CT molecular complexity index is 1200. The number of hydrogen-bond acceptors (Lipinski definition) is 9. The van der Waals surface area contributed by atoms with Crippen LogP contribution >= 0.6 is 34.5 Å². The number of halogens is 2. The van der Waals surface area contributed by atoms with Crippen molar-refractivity contribution in [2.75, 3.05) is 32.9 Å². The van der Waals surface area contributed by atoms with Crippen molar-refractivity contribution in [1.82, 2.24) is 15.2 Å². The van der Waals surface area contributed by atoms with Crippen molar-refractivity contribution in [3.63, 3.8) is 0 Å². The van der Waals surface area contributed by atoms with E-state index in [1.165, 1.54) is 11.3 Å². The third kappa shape index (κ3) is 5.68. The topological polar surface area (TPSA) is 113 Å². The van der Waals surface area contributed by atoms with Gasteiger partial charge in [-0.25, -0.2) is 9.78 Å². The Morgan fingerprint density at radius 3 is 2.83 bits per heavy atom. The fourth-order valence-corrected chi connectivity index (χ4v) is 5.18. The lowest BCUT2D eigenvalue weighted by Crippen LogP contribution is -2.52. The molecule has 0 radical (unpaired) electrons. The molecule has 35 heavy (non-hydrogen) atoms. The zero-order valence-electron chi connectivity index (χ0n) is 19.1. The number of rotatable bonds is 7. The highest BCUT2D eigenvalue weighted by atomic mass is 35.5. The molecule has 0 spiro atoms. The van der Waals surface area contributed by atoms with Crippen molar-refractivity contribution in [2.45, 2.75) is 25.9 Å². The lowest BCUT2D eigenvalue weighted by atomic mass is 9.95. The average Bonchev–Trinajstić information content (AvgIpc) is 3.25. The highest BCUT2D eigenvalue weighted by molar-refractivity contribution is 7.13. The summed E-state index contributed by atoms with van der Waals surface area (Å²) in [5.41, 5.74) is 1.30. The van der Waals surface area contributed by atoms with Crippen molar-refractivity contribution < 1.29 is 24.2 Å². The van der Waals surface area contributed by atoms with E-state index >= 15 is 0 Å². The number of aromatic nitrogens is 1. The summed E-state index contributed by atoms with van der Waals surface area (Å²) in [6, 6.07) is 3.33. The molecule has 0 saturated carbocycles. The number of aryl methyl sites for hydroxylation is 1. The van der Waals surface area contributed by atoms with E-state index in [0.717, 1.165) is 4.88 Å². The van der Waals surface area contributed by atoms with Gasteiger partial charge in [0.05, 0.1) is 25.4 Å². The second kappa shape index (κ2) is 11.0. The van der Waals surface area contributed by atoms with Crippen LogP contribution in [0.4, 0.5) is 0 Å². The fourth-order valence-electron chi connectivity index (χ4n) is 3.95. The standard InChI is InChI=1S/C23H24Cl2N4O5S/c1-3-34-23(32)18-16(10-29-6-7-33-11-17(29)22(30)31)27-20(21-26-9-12(2)35-21)28-19(18)14-5-4-13(24)8-15(14)25/h4-5,8-9,17,19H,3,6-7,10-11H2,1-2H3,(H,27,28)(H,30,31). The Hall–Kier alpha value is -2.50. The molecule has 12 heteroatoms. The Morgan fingerprint density at radius 1 is 1.37 bits per heavy atom. The lowest BCUT2D eigenvalue weighted by Gasteiger charge is -2.35. The molecule has 1 aromatic heterocycles. The third-order valence-corrected chi connectivity index (χ3v) is 7.07. The number of aliphatic imine (C=N–C) groups is 1. The zero-order chi connectivity index (χ0) is 25.1. The Balaban J connectivity index is 1.84. The number of carbonyl (C=O) groups is 2. The van der Waals surface area contributed by atoms with Crippen LogP contribution in [0.1, 0.15) is 28.4 Å². The molecule has 2 aromatic rings. The lowest BCUT2D eigenvalue weighted by molar-refractivity contribution is -0.149. The number of benzene rings is 1. The summed E-state index contributed by atoms with van der Waals surface area (Å²) in [5.74, 6) is -1.10.